The molecule has 1 aromatic heterocycles. The van der Waals surface area contributed by atoms with Gasteiger partial charge < -0.3 is 10.2 Å². The van der Waals surface area contributed by atoms with Crippen LogP contribution >= 0.6 is 0 Å². The first-order valence-electron chi connectivity index (χ1n) is 7.93. The molecule has 0 radical (unpaired) electrons. The minimum atomic E-state index is 0.499. The van der Waals surface area contributed by atoms with E-state index in [4.69, 9.17) is 4.98 Å². The van der Waals surface area contributed by atoms with Crippen molar-refractivity contribution in [3.05, 3.63) is 17.6 Å². The highest BCUT2D eigenvalue weighted by molar-refractivity contribution is 5.40. The molecule has 0 spiro atoms. The van der Waals surface area contributed by atoms with E-state index in [9.17, 15) is 0 Å². The van der Waals surface area contributed by atoms with Crippen molar-refractivity contribution in [2.24, 2.45) is 0 Å². The summed E-state index contributed by atoms with van der Waals surface area (Å²) in [6.45, 7) is 10.8. The monoisotopic (exact) mass is 276 g/mol. The zero-order valence-corrected chi connectivity index (χ0v) is 13.3. The molecule has 112 valence electrons. The van der Waals surface area contributed by atoms with Gasteiger partial charge in [-0.25, -0.2) is 4.98 Å². The minimum Gasteiger partial charge on any atom is -0.351 e. The van der Waals surface area contributed by atoms with Gasteiger partial charge in [0.15, 0.2) is 0 Å². The maximum absolute atomic E-state index is 4.74. The van der Waals surface area contributed by atoms with Crippen molar-refractivity contribution in [3.63, 3.8) is 0 Å². The highest BCUT2D eigenvalue weighted by Crippen LogP contribution is 2.25. The third kappa shape index (κ3) is 3.48. The molecule has 2 heterocycles. The first kappa shape index (κ1) is 15.2. The van der Waals surface area contributed by atoms with Crippen LogP contribution in [-0.2, 0) is 0 Å². The van der Waals surface area contributed by atoms with Crippen molar-refractivity contribution in [2.45, 2.75) is 65.5 Å². The minimum absolute atomic E-state index is 0.499. The Hall–Kier alpha value is -1.16. The Bertz CT molecular complexity index is 432. The topological polar surface area (TPSA) is 41.0 Å². The second-order valence-electron chi connectivity index (χ2n) is 5.90. The molecule has 0 aromatic carbocycles. The highest BCUT2D eigenvalue weighted by Gasteiger charge is 2.28. The lowest BCUT2D eigenvalue weighted by molar-refractivity contribution is 0.366. The zero-order chi connectivity index (χ0) is 14.5. The maximum Gasteiger partial charge on any atom is 0.147 e. The van der Waals surface area contributed by atoms with Crippen LogP contribution in [0, 0.1) is 13.8 Å². The molecule has 2 unspecified atom stereocenters. The molecule has 4 heteroatoms. The number of aromatic nitrogens is 2. The van der Waals surface area contributed by atoms with Gasteiger partial charge in [0, 0.05) is 18.6 Å². The Balaban J connectivity index is 2.15. The molecule has 0 bridgehead atoms. The van der Waals surface area contributed by atoms with Gasteiger partial charge in [0.05, 0.1) is 17.6 Å². The number of nitrogens with zero attached hydrogens (tertiary/aromatic N) is 3. The summed E-state index contributed by atoms with van der Waals surface area (Å²) in [7, 11) is 0. The van der Waals surface area contributed by atoms with Gasteiger partial charge in [-0.05, 0) is 53.0 Å². The van der Waals surface area contributed by atoms with E-state index in [1.807, 2.05) is 20.0 Å². The van der Waals surface area contributed by atoms with Crippen molar-refractivity contribution in [1.29, 1.82) is 0 Å². The van der Waals surface area contributed by atoms with Gasteiger partial charge >= 0.3 is 0 Å². The molecule has 1 aromatic rings. The van der Waals surface area contributed by atoms with Crippen LogP contribution in [0.15, 0.2) is 6.20 Å². The third-order valence-corrected chi connectivity index (χ3v) is 4.32. The smallest absolute Gasteiger partial charge is 0.147 e. The Morgan fingerprint density at radius 3 is 2.85 bits per heavy atom. The molecule has 4 nitrogen and oxygen atoms in total. The Morgan fingerprint density at radius 2 is 2.15 bits per heavy atom. The molecule has 1 N–H and O–H groups in total. The largest absolute Gasteiger partial charge is 0.351 e. The molecular weight excluding hydrogens is 248 g/mol. The maximum atomic E-state index is 4.74. The fourth-order valence-corrected chi connectivity index (χ4v) is 2.94. The molecule has 1 saturated heterocycles. The normalized spacial score (nSPS) is 21.0. The van der Waals surface area contributed by atoms with Gasteiger partial charge in [-0.15, -0.1) is 0 Å². The van der Waals surface area contributed by atoms with Crippen LogP contribution in [0.25, 0.3) is 0 Å². The molecule has 2 rings (SSSR count). The van der Waals surface area contributed by atoms with E-state index >= 15 is 0 Å². The van der Waals surface area contributed by atoms with Gasteiger partial charge in [0.1, 0.15) is 5.82 Å². The van der Waals surface area contributed by atoms with Crippen LogP contribution in [0.4, 0.5) is 5.82 Å². The standard InChI is InChI=1S/C16H28N4/c1-5-9-17-14(4)15-8-6-7-10-20(15)16-11-18-12(2)13(3)19-16/h11,14-15,17H,5-10H2,1-4H3. The number of hydrogen-bond donors (Lipinski definition) is 1. The second-order valence-corrected chi connectivity index (χ2v) is 5.90. The zero-order valence-electron chi connectivity index (χ0n) is 13.3. The van der Waals surface area contributed by atoms with Crippen molar-refractivity contribution in [2.75, 3.05) is 18.0 Å². The SMILES string of the molecule is CCCNC(C)C1CCCCN1c1cnc(C)c(C)n1. The highest BCUT2D eigenvalue weighted by atomic mass is 15.2. The number of rotatable bonds is 5. The van der Waals surface area contributed by atoms with Crippen LogP contribution < -0.4 is 10.2 Å². The van der Waals surface area contributed by atoms with Crippen molar-refractivity contribution in [1.82, 2.24) is 15.3 Å². The number of hydrogen-bond acceptors (Lipinski definition) is 4. The van der Waals surface area contributed by atoms with E-state index < -0.39 is 0 Å². The Kier molecular flexibility index (Phi) is 5.35. The summed E-state index contributed by atoms with van der Waals surface area (Å²) in [5.74, 6) is 1.04. The average Bonchev–Trinajstić information content (AvgIpc) is 2.47. The molecule has 1 fully saturated rings. The van der Waals surface area contributed by atoms with Crippen molar-refractivity contribution in [3.8, 4) is 0 Å². The lowest BCUT2D eigenvalue weighted by atomic mass is 9.96. The van der Waals surface area contributed by atoms with Crippen LogP contribution in [0.5, 0.6) is 0 Å². The van der Waals surface area contributed by atoms with E-state index in [2.05, 4.69) is 29.0 Å². The lowest BCUT2D eigenvalue weighted by Gasteiger charge is -2.40. The van der Waals surface area contributed by atoms with Crippen molar-refractivity contribution < 1.29 is 0 Å². The Labute approximate surface area is 123 Å². The molecule has 1 aliphatic rings. The van der Waals surface area contributed by atoms with Crippen molar-refractivity contribution >= 4 is 5.82 Å². The molecule has 0 saturated carbocycles. The molecule has 20 heavy (non-hydrogen) atoms. The quantitative estimate of drug-likeness (QED) is 0.898. The summed E-state index contributed by atoms with van der Waals surface area (Å²) in [5.41, 5.74) is 2.07. The van der Waals surface area contributed by atoms with E-state index in [0.29, 0.717) is 12.1 Å². The lowest BCUT2D eigenvalue weighted by Crippen LogP contribution is -2.51. The fraction of sp³-hybridized carbons (Fsp3) is 0.750. The first-order chi connectivity index (χ1) is 9.63. The van der Waals surface area contributed by atoms with E-state index in [-0.39, 0.29) is 0 Å². The van der Waals surface area contributed by atoms with Gasteiger partial charge in [0.25, 0.3) is 0 Å². The van der Waals surface area contributed by atoms with Crippen LogP contribution in [0.3, 0.4) is 0 Å². The average molecular weight is 276 g/mol. The third-order valence-electron chi connectivity index (χ3n) is 4.32. The van der Waals surface area contributed by atoms with E-state index in [1.165, 1.54) is 25.7 Å². The summed E-state index contributed by atoms with van der Waals surface area (Å²) in [4.78, 5) is 11.7. The van der Waals surface area contributed by atoms with Crippen LogP contribution in [0.1, 0.15) is 50.9 Å². The number of nitrogens with one attached hydrogen (secondary N) is 1. The predicted octanol–water partition coefficient (Wildman–Crippen LogP) is 2.84. The summed E-state index contributed by atoms with van der Waals surface area (Å²) in [6, 6.07) is 1.03. The van der Waals surface area contributed by atoms with Gasteiger partial charge in [-0.2, -0.15) is 0 Å². The van der Waals surface area contributed by atoms with Gasteiger partial charge in [-0.1, -0.05) is 6.92 Å². The molecule has 0 aliphatic carbocycles. The van der Waals surface area contributed by atoms with E-state index in [1.54, 1.807) is 0 Å². The second kappa shape index (κ2) is 7.02. The predicted molar refractivity (Wildman–Crippen MR) is 84.2 cm³/mol. The summed E-state index contributed by atoms with van der Waals surface area (Å²) in [6.07, 6.45) is 6.93. The molecule has 2 atom stereocenters. The number of anilines is 1. The first-order valence-corrected chi connectivity index (χ1v) is 7.93. The summed E-state index contributed by atoms with van der Waals surface area (Å²) >= 11 is 0. The summed E-state index contributed by atoms with van der Waals surface area (Å²) < 4.78 is 0. The fourth-order valence-electron chi connectivity index (χ4n) is 2.94. The molecule has 0 amide bonds. The van der Waals surface area contributed by atoms with E-state index in [0.717, 1.165) is 30.3 Å². The molecule has 1 aliphatic heterocycles. The van der Waals surface area contributed by atoms with Crippen LogP contribution in [-0.4, -0.2) is 35.1 Å². The van der Waals surface area contributed by atoms with Gasteiger partial charge in [-0.3, -0.25) is 4.98 Å². The number of aryl methyl sites for hydroxylation is 2. The van der Waals surface area contributed by atoms with Gasteiger partial charge in [0.2, 0.25) is 0 Å². The Morgan fingerprint density at radius 1 is 1.35 bits per heavy atom. The summed E-state index contributed by atoms with van der Waals surface area (Å²) in [5, 5.41) is 3.64. The molecular formula is C16H28N4. The number of piperidine rings is 1. The van der Waals surface area contributed by atoms with Crippen LogP contribution in [0.2, 0.25) is 0 Å².